The summed E-state index contributed by atoms with van der Waals surface area (Å²) in [6, 6.07) is 0.391. The maximum absolute atomic E-state index is 12.5. The van der Waals surface area contributed by atoms with E-state index in [0.29, 0.717) is 6.04 Å². The molecule has 0 radical (unpaired) electrons. The van der Waals surface area contributed by atoms with E-state index in [2.05, 4.69) is 24.3 Å². The molecule has 2 rings (SSSR count). The van der Waals surface area contributed by atoms with E-state index in [1.807, 2.05) is 30.5 Å². The second kappa shape index (κ2) is 5.95. The standard InChI is InChI=1S/C15H26N4O/c1-10(8-14-12(3)17-18(5)13(14)4)15(20)19-7-6-16-11(2)9-19/h10-11,16H,6-9H2,1-5H3. The number of piperazine rings is 1. The highest BCUT2D eigenvalue weighted by molar-refractivity contribution is 5.79. The monoisotopic (exact) mass is 278 g/mol. The van der Waals surface area contributed by atoms with Gasteiger partial charge in [-0.2, -0.15) is 5.10 Å². The summed E-state index contributed by atoms with van der Waals surface area (Å²) < 4.78 is 1.90. The predicted octanol–water partition coefficient (Wildman–Crippen LogP) is 1.04. The van der Waals surface area contributed by atoms with Crippen LogP contribution >= 0.6 is 0 Å². The number of amides is 1. The molecule has 5 heteroatoms. The molecule has 1 aromatic heterocycles. The van der Waals surface area contributed by atoms with Crippen LogP contribution in [0.15, 0.2) is 0 Å². The Hall–Kier alpha value is -1.36. The highest BCUT2D eigenvalue weighted by Gasteiger charge is 2.26. The predicted molar refractivity (Wildman–Crippen MR) is 79.6 cm³/mol. The fraction of sp³-hybridized carbons (Fsp3) is 0.733. The molecular weight excluding hydrogens is 252 g/mol. The molecule has 20 heavy (non-hydrogen) atoms. The summed E-state index contributed by atoms with van der Waals surface area (Å²) in [5.74, 6) is 0.280. The third kappa shape index (κ3) is 3.03. The Morgan fingerprint density at radius 3 is 2.75 bits per heavy atom. The molecule has 0 aromatic carbocycles. The summed E-state index contributed by atoms with van der Waals surface area (Å²) in [7, 11) is 1.95. The minimum atomic E-state index is 0.0156. The summed E-state index contributed by atoms with van der Waals surface area (Å²) in [6.45, 7) is 10.8. The fourth-order valence-corrected chi connectivity index (χ4v) is 2.95. The first-order valence-electron chi connectivity index (χ1n) is 7.41. The van der Waals surface area contributed by atoms with Gasteiger partial charge in [-0.15, -0.1) is 0 Å². The number of hydrogen-bond acceptors (Lipinski definition) is 3. The molecule has 0 bridgehead atoms. The molecule has 0 spiro atoms. The van der Waals surface area contributed by atoms with Crippen molar-refractivity contribution >= 4 is 5.91 Å². The van der Waals surface area contributed by atoms with E-state index in [0.717, 1.165) is 37.4 Å². The second-order valence-electron chi connectivity index (χ2n) is 6.02. The molecule has 1 aliphatic heterocycles. The first-order valence-corrected chi connectivity index (χ1v) is 7.41. The largest absolute Gasteiger partial charge is 0.340 e. The van der Waals surface area contributed by atoms with Crippen molar-refractivity contribution in [1.82, 2.24) is 20.0 Å². The van der Waals surface area contributed by atoms with E-state index in [9.17, 15) is 4.79 Å². The van der Waals surface area contributed by atoms with E-state index < -0.39 is 0 Å². The maximum Gasteiger partial charge on any atom is 0.225 e. The van der Waals surface area contributed by atoms with Crippen LogP contribution in [-0.4, -0.2) is 46.3 Å². The van der Waals surface area contributed by atoms with Gasteiger partial charge in [0.15, 0.2) is 0 Å². The molecule has 0 aliphatic carbocycles. The first kappa shape index (κ1) is 15.0. The van der Waals surface area contributed by atoms with Gasteiger partial charge in [-0.1, -0.05) is 6.92 Å². The zero-order valence-electron chi connectivity index (χ0n) is 13.2. The molecular formula is C15H26N4O. The first-order chi connectivity index (χ1) is 9.40. The smallest absolute Gasteiger partial charge is 0.225 e. The van der Waals surface area contributed by atoms with Gasteiger partial charge < -0.3 is 10.2 Å². The van der Waals surface area contributed by atoms with Crippen molar-refractivity contribution in [3.05, 3.63) is 17.0 Å². The average Bonchev–Trinajstić information content (AvgIpc) is 2.64. The Labute approximate surface area is 121 Å². The Balaban J connectivity index is 2.04. The van der Waals surface area contributed by atoms with Gasteiger partial charge in [-0.3, -0.25) is 9.48 Å². The van der Waals surface area contributed by atoms with Crippen LogP contribution in [0.5, 0.6) is 0 Å². The van der Waals surface area contributed by atoms with Gasteiger partial charge in [0.2, 0.25) is 5.91 Å². The summed E-state index contributed by atoms with van der Waals surface area (Å²) in [5, 5.41) is 7.80. The highest BCUT2D eigenvalue weighted by atomic mass is 16.2. The normalized spacial score (nSPS) is 21.1. The average molecular weight is 278 g/mol. The molecule has 112 valence electrons. The van der Waals surface area contributed by atoms with Gasteiger partial charge in [-0.05, 0) is 32.8 Å². The van der Waals surface area contributed by atoms with Gasteiger partial charge in [0.25, 0.3) is 0 Å². The lowest BCUT2D eigenvalue weighted by Crippen LogP contribution is -2.52. The van der Waals surface area contributed by atoms with Gasteiger partial charge in [-0.25, -0.2) is 0 Å². The minimum absolute atomic E-state index is 0.0156. The van der Waals surface area contributed by atoms with Crippen LogP contribution < -0.4 is 5.32 Å². The zero-order valence-corrected chi connectivity index (χ0v) is 13.2. The van der Waals surface area contributed by atoms with E-state index >= 15 is 0 Å². The molecule has 1 saturated heterocycles. The second-order valence-corrected chi connectivity index (χ2v) is 6.02. The molecule has 1 amide bonds. The van der Waals surface area contributed by atoms with E-state index in [4.69, 9.17) is 0 Å². The van der Waals surface area contributed by atoms with Crippen molar-refractivity contribution in [3.8, 4) is 0 Å². The Kier molecular flexibility index (Phi) is 4.48. The van der Waals surface area contributed by atoms with Crippen LogP contribution in [0.3, 0.4) is 0 Å². The number of nitrogens with one attached hydrogen (secondary N) is 1. The lowest BCUT2D eigenvalue weighted by atomic mass is 9.98. The van der Waals surface area contributed by atoms with Crippen LogP contribution in [0.4, 0.5) is 0 Å². The van der Waals surface area contributed by atoms with E-state index in [-0.39, 0.29) is 11.8 Å². The van der Waals surface area contributed by atoms with Crippen molar-refractivity contribution in [2.75, 3.05) is 19.6 Å². The minimum Gasteiger partial charge on any atom is -0.340 e. The van der Waals surface area contributed by atoms with Gasteiger partial charge >= 0.3 is 0 Å². The van der Waals surface area contributed by atoms with Crippen molar-refractivity contribution < 1.29 is 4.79 Å². The Morgan fingerprint density at radius 2 is 2.20 bits per heavy atom. The molecule has 1 N–H and O–H groups in total. The lowest BCUT2D eigenvalue weighted by molar-refractivity contribution is -0.136. The van der Waals surface area contributed by atoms with Gasteiger partial charge in [0.05, 0.1) is 5.69 Å². The number of rotatable bonds is 3. The van der Waals surface area contributed by atoms with Crippen LogP contribution in [-0.2, 0) is 18.3 Å². The summed E-state index contributed by atoms with van der Waals surface area (Å²) in [6.07, 6.45) is 0.780. The molecule has 1 fully saturated rings. The van der Waals surface area contributed by atoms with Crippen LogP contribution in [0.1, 0.15) is 30.8 Å². The molecule has 1 aromatic rings. The third-order valence-corrected chi connectivity index (χ3v) is 4.27. The van der Waals surface area contributed by atoms with Gasteiger partial charge in [0, 0.05) is 44.3 Å². The number of hydrogen-bond donors (Lipinski definition) is 1. The zero-order chi connectivity index (χ0) is 14.9. The summed E-state index contributed by atoms with van der Waals surface area (Å²) in [5.41, 5.74) is 3.42. The summed E-state index contributed by atoms with van der Waals surface area (Å²) >= 11 is 0. The Morgan fingerprint density at radius 1 is 1.50 bits per heavy atom. The lowest BCUT2D eigenvalue weighted by Gasteiger charge is -2.33. The molecule has 2 unspecified atom stereocenters. The summed E-state index contributed by atoms with van der Waals surface area (Å²) in [4.78, 5) is 14.5. The van der Waals surface area contributed by atoms with Crippen LogP contribution in [0.2, 0.25) is 0 Å². The molecule has 1 aliphatic rings. The number of carbonyl (C=O) groups is 1. The molecule has 5 nitrogen and oxygen atoms in total. The maximum atomic E-state index is 12.5. The van der Waals surface area contributed by atoms with Crippen molar-refractivity contribution in [2.24, 2.45) is 13.0 Å². The fourth-order valence-electron chi connectivity index (χ4n) is 2.95. The topological polar surface area (TPSA) is 50.2 Å². The number of aryl methyl sites for hydroxylation is 2. The van der Waals surface area contributed by atoms with Crippen molar-refractivity contribution in [2.45, 2.75) is 40.2 Å². The molecule has 2 heterocycles. The van der Waals surface area contributed by atoms with Crippen LogP contribution in [0.25, 0.3) is 0 Å². The van der Waals surface area contributed by atoms with E-state index in [1.54, 1.807) is 0 Å². The Bertz CT molecular complexity index is 494. The molecule has 0 saturated carbocycles. The van der Waals surface area contributed by atoms with Crippen LogP contribution in [0, 0.1) is 19.8 Å². The number of nitrogens with zero attached hydrogens (tertiary/aromatic N) is 3. The molecule has 2 atom stereocenters. The van der Waals surface area contributed by atoms with Crippen molar-refractivity contribution in [3.63, 3.8) is 0 Å². The quantitative estimate of drug-likeness (QED) is 0.898. The highest BCUT2D eigenvalue weighted by Crippen LogP contribution is 2.18. The van der Waals surface area contributed by atoms with Gasteiger partial charge in [0.1, 0.15) is 0 Å². The SMILES string of the molecule is Cc1nn(C)c(C)c1CC(C)C(=O)N1CCNC(C)C1. The third-order valence-electron chi connectivity index (χ3n) is 4.27. The van der Waals surface area contributed by atoms with Crippen molar-refractivity contribution in [1.29, 1.82) is 0 Å². The number of aromatic nitrogens is 2. The number of carbonyl (C=O) groups excluding carboxylic acids is 1. The van der Waals surface area contributed by atoms with E-state index in [1.165, 1.54) is 5.56 Å².